The third kappa shape index (κ3) is 4.81. The average molecular weight is 224 g/mol. The van der Waals surface area contributed by atoms with Crippen LogP contribution in [0.25, 0.3) is 0 Å². The number of aromatic nitrogens is 1. The maximum Gasteiger partial charge on any atom is 0.0587 e. The second-order valence-electron chi connectivity index (χ2n) is 4.55. The SMILES string of the molecule is COCCNCc1cccn1CCC(C)C. The Balaban J connectivity index is 2.32. The zero-order valence-corrected chi connectivity index (χ0v) is 10.7. The van der Waals surface area contributed by atoms with Gasteiger partial charge in [0.05, 0.1) is 6.61 Å². The molecule has 0 saturated carbocycles. The van der Waals surface area contributed by atoms with Crippen LogP contribution in [0.4, 0.5) is 0 Å². The topological polar surface area (TPSA) is 26.2 Å². The monoisotopic (exact) mass is 224 g/mol. The van der Waals surface area contributed by atoms with Crippen molar-refractivity contribution in [3.63, 3.8) is 0 Å². The number of nitrogens with one attached hydrogen (secondary N) is 1. The van der Waals surface area contributed by atoms with Crippen LogP contribution in [0.3, 0.4) is 0 Å². The number of methoxy groups -OCH3 is 1. The molecule has 0 spiro atoms. The number of rotatable bonds is 8. The van der Waals surface area contributed by atoms with Gasteiger partial charge in [-0.1, -0.05) is 13.8 Å². The Morgan fingerprint density at radius 3 is 2.94 bits per heavy atom. The van der Waals surface area contributed by atoms with Crippen LogP contribution in [0, 0.1) is 5.92 Å². The van der Waals surface area contributed by atoms with Crippen molar-refractivity contribution in [1.82, 2.24) is 9.88 Å². The predicted molar refractivity (Wildman–Crippen MR) is 67.5 cm³/mol. The number of aryl methyl sites for hydroxylation is 1. The lowest BCUT2D eigenvalue weighted by molar-refractivity contribution is 0.199. The van der Waals surface area contributed by atoms with E-state index >= 15 is 0 Å². The molecule has 0 aromatic carbocycles. The van der Waals surface area contributed by atoms with Gasteiger partial charge in [0.25, 0.3) is 0 Å². The summed E-state index contributed by atoms with van der Waals surface area (Å²) in [4.78, 5) is 0. The molecule has 1 aromatic heterocycles. The average Bonchev–Trinajstić information content (AvgIpc) is 2.69. The molecule has 0 fully saturated rings. The van der Waals surface area contributed by atoms with Gasteiger partial charge in [-0.3, -0.25) is 0 Å². The Morgan fingerprint density at radius 1 is 1.44 bits per heavy atom. The Hall–Kier alpha value is -0.800. The smallest absolute Gasteiger partial charge is 0.0587 e. The van der Waals surface area contributed by atoms with Gasteiger partial charge in [-0.15, -0.1) is 0 Å². The van der Waals surface area contributed by atoms with Crippen molar-refractivity contribution < 1.29 is 4.74 Å². The van der Waals surface area contributed by atoms with Crippen LogP contribution in [0.15, 0.2) is 18.3 Å². The molecule has 0 bridgehead atoms. The zero-order valence-electron chi connectivity index (χ0n) is 10.7. The summed E-state index contributed by atoms with van der Waals surface area (Å²) in [6, 6.07) is 4.30. The van der Waals surface area contributed by atoms with Crippen LogP contribution in [-0.2, 0) is 17.8 Å². The molecule has 16 heavy (non-hydrogen) atoms. The molecular weight excluding hydrogens is 200 g/mol. The first-order valence-electron chi connectivity index (χ1n) is 6.07. The summed E-state index contributed by atoms with van der Waals surface area (Å²) in [7, 11) is 1.73. The maximum atomic E-state index is 5.00. The molecule has 0 radical (unpaired) electrons. The van der Waals surface area contributed by atoms with Crippen LogP contribution in [0.2, 0.25) is 0 Å². The van der Waals surface area contributed by atoms with E-state index in [-0.39, 0.29) is 0 Å². The second kappa shape index (κ2) is 7.47. The highest BCUT2D eigenvalue weighted by Gasteiger charge is 2.01. The van der Waals surface area contributed by atoms with Gasteiger partial charge in [0.2, 0.25) is 0 Å². The molecule has 0 saturated heterocycles. The molecule has 1 aromatic rings. The molecule has 0 aliphatic carbocycles. The Morgan fingerprint density at radius 2 is 2.25 bits per heavy atom. The number of hydrogen-bond donors (Lipinski definition) is 1. The molecule has 92 valence electrons. The molecule has 0 aliphatic heterocycles. The minimum absolute atomic E-state index is 0.761. The lowest BCUT2D eigenvalue weighted by atomic mass is 10.1. The highest BCUT2D eigenvalue weighted by molar-refractivity contribution is 5.06. The Kier molecular flexibility index (Phi) is 6.19. The minimum Gasteiger partial charge on any atom is -0.383 e. The van der Waals surface area contributed by atoms with Gasteiger partial charge in [0, 0.05) is 38.6 Å². The molecule has 1 rings (SSSR count). The van der Waals surface area contributed by atoms with Gasteiger partial charge in [0.1, 0.15) is 0 Å². The molecular formula is C13H24N2O. The molecule has 0 aliphatic rings. The fraction of sp³-hybridized carbons (Fsp3) is 0.692. The fourth-order valence-corrected chi connectivity index (χ4v) is 1.62. The van der Waals surface area contributed by atoms with E-state index < -0.39 is 0 Å². The van der Waals surface area contributed by atoms with E-state index in [1.807, 2.05) is 0 Å². The first-order valence-corrected chi connectivity index (χ1v) is 6.07. The predicted octanol–water partition coefficient (Wildman–Crippen LogP) is 2.27. The summed E-state index contributed by atoms with van der Waals surface area (Å²) in [6.45, 7) is 8.25. The van der Waals surface area contributed by atoms with Crippen LogP contribution >= 0.6 is 0 Å². The zero-order chi connectivity index (χ0) is 11.8. The standard InChI is InChI=1S/C13H24N2O/c1-12(2)6-9-15-8-4-5-13(15)11-14-7-10-16-3/h4-5,8,12,14H,6-7,9-11H2,1-3H3. The van der Waals surface area contributed by atoms with E-state index in [0.29, 0.717) is 0 Å². The second-order valence-corrected chi connectivity index (χ2v) is 4.55. The summed E-state index contributed by atoms with van der Waals surface area (Å²) >= 11 is 0. The molecule has 0 amide bonds. The first kappa shape index (κ1) is 13.3. The lowest BCUT2D eigenvalue weighted by Gasteiger charge is -2.11. The lowest BCUT2D eigenvalue weighted by Crippen LogP contribution is -2.20. The molecule has 0 atom stereocenters. The van der Waals surface area contributed by atoms with E-state index in [0.717, 1.165) is 32.2 Å². The van der Waals surface area contributed by atoms with Crippen LogP contribution in [-0.4, -0.2) is 24.8 Å². The van der Waals surface area contributed by atoms with Crippen LogP contribution in [0.1, 0.15) is 26.0 Å². The molecule has 1 heterocycles. The van der Waals surface area contributed by atoms with Crippen molar-refractivity contribution in [1.29, 1.82) is 0 Å². The van der Waals surface area contributed by atoms with Crippen molar-refractivity contribution in [2.45, 2.75) is 33.4 Å². The molecule has 0 unspecified atom stereocenters. The quantitative estimate of drug-likeness (QED) is 0.686. The minimum atomic E-state index is 0.761. The van der Waals surface area contributed by atoms with Crippen molar-refractivity contribution in [2.24, 2.45) is 5.92 Å². The molecule has 1 N–H and O–H groups in total. The van der Waals surface area contributed by atoms with Crippen molar-refractivity contribution in [2.75, 3.05) is 20.3 Å². The summed E-state index contributed by atoms with van der Waals surface area (Å²) in [6.07, 6.45) is 3.40. The summed E-state index contributed by atoms with van der Waals surface area (Å²) in [5.74, 6) is 0.761. The first-order chi connectivity index (χ1) is 7.74. The third-order valence-electron chi connectivity index (χ3n) is 2.66. The van der Waals surface area contributed by atoms with E-state index in [1.165, 1.54) is 12.1 Å². The number of ether oxygens (including phenoxy) is 1. The Bertz CT molecular complexity index is 281. The van der Waals surface area contributed by atoms with Gasteiger partial charge >= 0.3 is 0 Å². The van der Waals surface area contributed by atoms with Crippen molar-refractivity contribution >= 4 is 0 Å². The normalized spacial score (nSPS) is 11.2. The maximum absolute atomic E-state index is 5.00. The van der Waals surface area contributed by atoms with Crippen LogP contribution in [0.5, 0.6) is 0 Å². The molecule has 3 heteroatoms. The van der Waals surface area contributed by atoms with E-state index in [4.69, 9.17) is 4.74 Å². The van der Waals surface area contributed by atoms with Crippen molar-refractivity contribution in [3.05, 3.63) is 24.0 Å². The van der Waals surface area contributed by atoms with Gasteiger partial charge in [-0.05, 0) is 24.5 Å². The van der Waals surface area contributed by atoms with E-state index in [2.05, 4.69) is 42.1 Å². The molecule has 3 nitrogen and oxygen atoms in total. The number of hydrogen-bond acceptors (Lipinski definition) is 2. The fourth-order valence-electron chi connectivity index (χ4n) is 1.62. The highest BCUT2D eigenvalue weighted by atomic mass is 16.5. The number of nitrogens with zero attached hydrogens (tertiary/aromatic N) is 1. The van der Waals surface area contributed by atoms with E-state index in [1.54, 1.807) is 7.11 Å². The highest BCUT2D eigenvalue weighted by Crippen LogP contribution is 2.07. The third-order valence-corrected chi connectivity index (χ3v) is 2.66. The van der Waals surface area contributed by atoms with E-state index in [9.17, 15) is 0 Å². The van der Waals surface area contributed by atoms with Gasteiger partial charge in [-0.2, -0.15) is 0 Å². The largest absolute Gasteiger partial charge is 0.383 e. The Labute approximate surface area is 98.8 Å². The van der Waals surface area contributed by atoms with Gasteiger partial charge in [0.15, 0.2) is 0 Å². The van der Waals surface area contributed by atoms with Gasteiger partial charge < -0.3 is 14.6 Å². The van der Waals surface area contributed by atoms with Crippen molar-refractivity contribution in [3.8, 4) is 0 Å². The summed E-state index contributed by atoms with van der Waals surface area (Å²) in [5, 5.41) is 3.37. The summed E-state index contributed by atoms with van der Waals surface area (Å²) < 4.78 is 7.33. The van der Waals surface area contributed by atoms with Gasteiger partial charge in [-0.25, -0.2) is 0 Å². The summed E-state index contributed by atoms with van der Waals surface area (Å²) in [5.41, 5.74) is 1.36. The van der Waals surface area contributed by atoms with Crippen LogP contribution < -0.4 is 5.32 Å².